The number of hydrogen-bond acceptors (Lipinski definition) is 4. The molecule has 0 aliphatic carbocycles. The Morgan fingerprint density at radius 1 is 1.25 bits per heavy atom. The van der Waals surface area contributed by atoms with E-state index in [2.05, 4.69) is 15.9 Å². The summed E-state index contributed by atoms with van der Waals surface area (Å²) in [6, 6.07) is 10.7. The van der Waals surface area contributed by atoms with E-state index in [1.54, 1.807) is 47.5 Å². The summed E-state index contributed by atoms with van der Waals surface area (Å²) in [6.07, 6.45) is 0.641. The molecule has 2 aromatic rings. The first-order valence-corrected chi connectivity index (χ1v) is 10.7. The van der Waals surface area contributed by atoms with E-state index >= 15 is 0 Å². The Kier molecular flexibility index (Phi) is 4.98. The number of thiophene rings is 1. The predicted octanol–water partition coefficient (Wildman–Crippen LogP) is 3.32. The molecule has 1 aromatic heterocycles. The number of carbonyl (C=O) groups is 1. The van der Waals surface area contributed by atoms with Crippen LogP contribution in [0.3, 0.4) is 0 Å². The van der Waals surface area contributed by atoms with E-state index in [0.29, 0.717) is 30.8 Å². The molecule has 24 heavy (non-hydrogen) atoms. The van der Waals surface area contributed by atoms with Gasteiger partial charge in [-0.05, 0) is 58.7 Å². The van der Waals surface area contributed by atoms with E-state index in [1.807, 2.05) is 12.1 Å². The van der Waals surface area contributed by atoms with E-state index in [9.17, 15) is 13.2 Å². The van der Waals surface area contributed by atoms with Crippen LogP contribution in [0.4, 0.5) is 5.69 Å². The van der Waals surface area contributed by atoms with Crippen LogP contribution in [0.1, 0.15) is 21.7 Å². The zero-order valence-electron chi connectivity index (χ0n) is 13.1. The molecule has 1 aliphatic heterocycles. The smallest absolute Gasteiger partial charge is 0.253 e. The molecule has 0 saturated carbocycles. The van der Waals surface area contributed by atoms with Crippen LogP contribution in [0.15, 0.2) is 40.2 Å². The minimum absolute atomic E-state index is 0.0876. The topological polar surface area (TPSA) is 57.7 Å². The summed E-state index contributed by atoms with van der Waals surface area (Å²) in [4.78, 5) is 15.3. The van der Waals surface area contributed by atoms with Gasteiger partial charge < -0.3 is 4.90 Å². The molecule has 1 fully saturated rings. The van der Waals surface area contributed by atoms with Crippen molar-refractivity contribution in [1.29, 1.82) is 0 Å². The van der Waals surface area contributed by atoms with Gasteiger partial charge in [0.1, 0.15) is 0 Å². The van der Waals surface area contributed by atoms with E-state index < -0.39 is 10.0 Å². The number of benzene rings is 1. The fraction of sp³-hybridized carbons (Fsp3) is 0.312. The van der Waals surface area contributed by atoms with Crippen molar-refractivity contribution < 1.29 is 13.2 Å². The highest BCUT2D eigenvalue weighted by atomic mass is 79.9. The van der Waals surface area contributed by atoms with E-state index in [-0.39, 0.29) is 11.7 Å². The normalized spacial score (nSPS) is 16.3. The Labute approximate surface area is 154 Å². The van der Waals surface area contributed by atoms with Gasteiger partial charge in [-0.3, -0.25) is 9.10 Å². The van der Waals surface area contributed by atoms with Gasteiger partial charge in [-0.15, -0.1) is 11.3 Å². The number of carbonyl (C=O) groups excluding carboxylic acids is 1. The maximum Gasteiger partial charge on any atom is 0.253 e. The minimum atomic E-state index is -3.19. The third kappa shape index (κ3) is 3.65. The molecule has 0 atom stereocenters. The summed E-state index contributed by atoms with van der Waals surface area (Å²) in [5.74, 6) is 0.0997. The minimum Gasteiger partial charge on any atom is -0.337 e. The summed E-state index contributed by atoms with van der Waals surface area (Å²) in [6.45, 7) is 1.04. The van der Waals surface area contributed by atoms with E-state index in [0.717, 1.165) is 8.66 Å². The van der Waals surface area contributed by atoms with Crippen molar-refractivity contribution in [2.24, 2.45) is 0 Å². The van der Waals surface area contributed by atoms with Crippen molar-refractivity contribution in [2.45, 2.75) is 13.0 Å². The van der Waals surface area contributed by atoms with Crippen LogP contribution in [0.2, 0.25) is 0 Å². The van der Waals surface area contributed by atoms with E-state index in [4.69, 9.17) is 0 Å². The Hall–Kier alpha value is -1.38. The van der Waals surface area contributed by atoms with Gasteiger partial charge in [-0.2, -0.15) is 0 Å². The molecule has 3 rings (SSSR count). The highest BCUT2D eigenvalue weighted by Gasteiger charge is 2.28. The maximum absolute atomic E-state index is 12.5. The Morgan fingerprint density at radius 2 is 1.96 bits per heavy atom. The Bertz CT molecular complexity index is 846. The zero-order chi connectivity index (χ0) is 17.3. The fourth-order valence-electron chi connectivity index (χ4n) is 2.66. The van der Waals surface area contributed by atoms with Gasteiger partial charge in [0.05, 0.1) is 21.8 Å². The summed E-state index contributed by atoms with van der Waals surface area (Å²) < 4.78 is 26.3. The molecule has 128 valence electrons. The van der Waals surface area contributed by atoms with Gasteiger partial charge in [-0.25, -0.2) is 8.42 Å². The molecule has 1 aromatic carbocycles. The first kappa shape index (κ1) is 17.4. The summed E-state index contributed by atoms with van der Waals surface area (Å²) in [5, 5.41) is 0. The van der Waals surface area contributed by atoms with Crippen LogP contribution < -0.4 is 4.31 Å². The lowest BCUT2D eigenvalue weighted by atomic mass is 10.2. The first-order valence-electron chi connectivity index (χ1n) is 7.47. The molecular formula is C16H17BrN2O3S2. The molecule has 0 N–H and O–H groups in total. The van der Waals surface area contributed by atoms with Gasteiger partial charge in [-0.1, -0.05) is 0 Å². The highest BCUT2D eigenvalue weighted by Crippen LogP contribution is 2.25. The second-order valence-electron chi connectivity index (χ2n) is 5.66. The molecule has 1 saturated heterocycles. The third-order valence-electron chi connectivity index (χ3n) is 3.87. The Balaban J connectivity index is 1.71. The number of nitrogens with zero attached hydrogens (tertiary/aromatic N) is 2. The van der Waals surface area contributed by atoms with Crippen LogP contribution in [0.5, 0.6) is 0 Å². The van der Waals surface area contributed by atoms with Crippen LogP contribution in [-0.2, 0) is 16.6 Å². The van der Waals surface area contributed by atoms with Gasteiger partial charge in [0.2, 0.25) is 10.0 Å². The number of rotatable bonds is 4. The van der Waals surface area contributed by atoms with Gasteiger partial charge in [0.15, 0.2) is 0 Å². The van der Waals surface area contributed by atoms with Crippen LogP contribution in [0.25, 0.3) is 0 Å². The molecule has 1 amide bonds. The van der Waals surface area contributed by atoms with Gasteiger partial charge >= 0.3 is 0 Å². The van der Waals surface area contributed by atoms with Crippen molar-refractivity contribution in [2.75, 3.05) is 23.7 Å². The monoisotopic (exact) mass is 428 g/mol. The molecule has 0 radical (unpaired) electrons. The van der Waals surface area contributed by atoms with Crippen LogP contribution in [-0.4, -0.2) is 38.6 Å². The van der Waals surface area contributed by atoms with Crippen molar-refractivity contribution in [1.82, 2.24) is 4.90 Å². The first-order chi connectivity index (χ1) is 11.4. The molecule has 5 nitrogen and oxygen atoms in total. The lowest BCUT2D eigenvalue weighted by Crippen LogP contribution is -2.27. The molecule has 1 aliphatic rings. The third-order valence-corrected chi connectivity index (χ3v) is 7.35. The summed E-state index contributed by atoms with van der Waals surface area (Å²) in [5.41, 5.74) is 1.17. The standard InChI is InChI=1S/C16H17BrN2O3S2/c1-18(11-14-7-8-15(17)23-14)16(20)12-3-5-13(6-4-12)19-9-2-10-24(19,21)22/h3-8H,2,9-11H2,1H3. The summed E-state index contributed by atoms with van der Waals surface area (Å²) in [7, 11) is -1.43. The van der Waals surface area contributed by atoms with Crippen LogP contribution in [0, 0.1) is 0 Å². The molecular weight excluding hydrogens is 412 g/mol. The van der Waals surface area contributed by atoms with E-state index in [1.165, 1.54) is 4.31 Å². The maximum atomic E-state index is 12.5. The van der Waals surface area contributed by atoms with Crippen molar-refractivity contribution in [3.8, 4) is 0 Å². The second kappa shape index (κ2) is 6.85. The molecule has 0 spiro atoms. The second-order valence-corrected chi connectivity index (χ2v) is 10.2. The van der Waals surface area contributed by atoms with Gasteiger partial charge in [0.25, 0.3) is 5.91 Å². The van der Waals surface area contributed by atoms with Crippen LogP contribution >= 0.6 is 27.3 Å². The largest absolute Gasteiger partial charge is 0.337 e. The summed E-state index contributed by atoms with van der Waals surface area (Å²) >= 11 is 5.01. The number of hydrogen-bond donors (Lipinski definition) is 0. The highest BCUT2D eigenvalue weighted by molar-refractivity contribution is 9.11. The fourth-order valence-corrected chi connectivity index (χ4v) is 5.76. The van der Waals surface area contributed by atoms with Crippen molar-refractivity contribution in [3.05, 3.63) is 50.6 Å². The molecule has 0 bridgehead atoms. The number of anilines is 1. The van der Waals surface area contributed by atoms with Crippen molar-refractivity contribution >= 4 is 48.9 Å². The average Bonchev–Trinajstić information content (AvgIpc) is 3.11. The number of amides is 1. The predicted molar refractivity (Wildman–Crippen MR) is 100 cm³/mol. The zero-order valence-corrected chi connectivity index (χ0v) is 16.3. The SMILES string of the molecule is CN(Cc1ccc(Br)s1)C(=O)c1ccc(N2CCCS2(=O)=O)cc1. The molecule has 8 heteroatoms. The lowest BCUT2D eigenvalue weighted by molar-refractivity contribution is 0.0786. The quantitative estimate of drug-likeness (QED) is 0.750. The number of halogens is 1. The van der Waals surface area contributed by atoms with Gasteiger partial charge in [0, 0.05) is 24.0 Å². The average molecular weight is 429 g/mol. The molecule has 2 heterocycles. The van der Waals surface area contributed by atoms with Crippen molar-refractivity contribution in [3.63, 3.8) is 0 Å². The molecule has 0 unspecified atom stereocenters. The number of sulfonamides is 1. The lowest BCUT2D eigenvalue weighted by Gasteiger charge is -2.19. The Morgan fingerprint density at radius 3 is 2.50 bits per heavy atom.